The highest BCUT2D eigenvalue weighted by atomic mass is 16.5. The number of ether oxygens (including phenoxy) is 1. The lowest BCUT2D eigenvalue weighted by Crippen LogP contribution is -2.44. The normalized spacial score (nSPS) is 19.4. The maximum Gasteiger partial charge on any atom is 0.322 e. The molecule has 0 fully saturated rings. The number of ketones is 1. The van der Waals surface area contributed by atoms with E-state index >= 15 is 0 Å². The Morgan fingerprint density at radius 3 is 2.69 bits per heavy atom. The van der Waals surface area contributed by atoms with Gasteiger partial charge < -0.3 is 19.8 Å². The molecule has 0 bridgehead atoms. The van der Waals surface area contributed by atoms with Crippen LogP contribution in [0.1, 0.15) is 49.5 Å². The first kappa shape index (κ1) is 22.8. The van der Waals surface area contributed by atoms with Gasteiger partial charge in [0.25, 0.3) is 0 Å². The van der Waals surface area contributed by atoms with E-state index < -0.39 is 6.04 Å². The third kappa shape index (κ3) is 4.18. The van der Waals surface area contributed by atoms with Gasteiger partial charge in [-0.3, -0.25) is 9.69 Å². The van der Waals surface area contributed by atoms with Crippen LogP contribution in [0.25, 0.3) is 0 Å². The molecule has 180 valence electrons. The Morgan fingerprint density at radius 2 is 1.91 bits per heavy atom. The van der Waals surface area contributed by atoms with E-state index in [0.29, 0.717) is 36.4 Å². The van der Waals surface area contributed by atoms with Gasteiger partial charge in [0.2, 0.25) is 0 Å². The molecule has 0 unspecified atom stereocenters. The summed E-state index contributed by atoms with van der Waals surface area (Å²) in [4.78, 5) is 29.2. The molecule has 1 aliphatic heterocycles. The van der Waals surface area contributed by atoms with Gasteiger partial charge in [0.15, 0.2) is 5.78 Å². The number of carbonyl (C=O) groups is 2. The molecule has 0 saturated carbocycles. The number of nitrogens with zero attached hydrogens (tertiary/aromatic N) is 1. The molecular weight excluding hydrogens is 442 g/mol. The van der Waals surface area contributed by atoms with Crippen molar-refractivity contribution in [1.29, 1.82) is 0 Å². The van der Waals surface area contributed by atoms with Gasteiger partial charge in [-0.1, -0.05) is 37.3 Å². The quantitative estimate of drug-likeness (QED) is 0.493. The number of hydrogen-bond acceptors (Lipinski definition) is 5. The van der Waals surface area contributed by atoms with Gasteiger partial charge >= 0.3 is 6.03 Å². The first-order valence-corrected chi connectivity index (χ1v) is 12.0. The topological polar surface area (TPSA) is 83.8 Å². The number of fused-ring (bicyclic) bond motifs is 1. The molecule has 1 aromatic heterocycles. The number of Topliss-reactive ketones (excluding diaryl/α,β-unsaturated/α-hetero) is 1. The molecule has 0 saturated heterocycles. The first-order chi connectivity index (χ1) is 17.1. The predicted octanol–water partition coefficient (Wildman–Crippen LogP) is 5.78. The van der Waals surface area contributed by atoms with Crippen molar-refractivity contribution >= 4 is 23.2 Å². The van der Waals surface area contributed by atoms with Gasteiger partial charge in [-0.2, -0.15) is 0 Å². The molecule has 2 amide bonds. The molecule has 35 heavy (non-hydrogen) atoms. The average molecular weight is 472 g/mol. The second-order valence-electron chi connectivity index (χ2n) is 8.82. The molecule has 5 rings (SSSR count). The highest BCUT2D eigenvalue weighted by Gasteiger charge is 2.43. The monoisotopic (exact) mass is 471 g/mol. The second-order valence-corrected chi connectivity index (χ2v) is 8.82. The van der Waals surface area contributed by atoms with E-state index in [9.17, 15) is 9.59 Å². The zero-order valence-corrected chi connectivity index (χ0v) is 19.9. The van der Waals surface area contributed by atoms with Crippen LogP contribution < -0.4 is 20.3 Å². The largest absolute Gasteiger partial charge is 0.496 e. The smallest absolute Gasteiger partial charge is 0.322 e. The molecule has 2 heterocycles. The molecule has 2 aromatic carbocycles. The van der Waals surface area contributed by atoms with E-state index in [-0.39, 0.29) is 17.7 Å². The molecule has 7 heteroatoms. The molecule has 2 aliphatic rings. The lowest BCUT2D eigenvalue weighted by molar-refractivity contribution is -0.116. The van der Waals surface area contributed by atoms with Gasteiger partial charge in [0, 0.05) is 35.7 Å². The van der Waals surface area contributed by atoms with Crippen molar-refractivity contribution in [2.75, 3.05) is 23.9 Å². The summed E-state index contributed by atoms with van der Waals surface area (Å²) < 4.78 is 11.4. The summed E-state index contributed by atoms with van der Waals surface area (Å²) in [6, 6.07) is 18.1. The standard InChI is InChI=1S/C28H29N3O4/c1-3-14-29-28(33)31-22-11-6-5-10-20(22)30-21-16-18(24-13-8-15-35-24)17-23(32)26(21)27(31)19-9-4-7-12-25(19)34-2/h4-13,15,18,27,30H,3,14,16-17H2,1-2H3,(H,29,33)/t18-,27-/m0/s1. The van der Waals surface area contributed by atoms with Gasteiger partial charge in [0.05, 0.1) is 30.8 Å². The Labute approximate surface area is 204 Å². The van der Waals surface area contributed by atoms with Crippen LogP contribution in [-0.4, -0.2) is 25.5 Å². The molecule has 7 nitrogen and oxygen atoms in total. The van der Waals surface area contributed by atoms with Crippen LogP contribution in [0.5, 0.6) is 5.75 Å². The summed E-state index contributed by atoms with van der Waals surface area (Å²) in [5.74, 6) is 1.32. The van der Waals surface area contributed by atoms with Gasteiger partial charge in [-0.05, 0) is 43.2 Å². The van der Waals surface area contributed by atoms with Crippen molar-refractivity contribution in [3.63, 3.8) is 0 Å². The number of nitrogens with one attached hydrogen (secondary N) is 2. The van der Waals surface area contributed by atoms with E-state index in [0.717, 1.165) is 29.1 Å². The van der Waals surface area contributed by atoms with Crippen LogP contribution in [0.3, 0.4) is 0 Å². The molecule has 1 aliphatic carbocycles. The van der Waals surface area contributed by atoms with Crippen LogP contribution >= 0.6 is 0 Å². The van der Waals surface area contributed by atoms with Crippen LogP contribution in [-0.2, 0) is 4.79 Å². The van der Waals surface area contributed by atoms with E-state index in [1.807, 2.05) is 67.6 Å². The maximum atomic E-state index is 13.9. The van der Waals surface area contributed by atoms with Crippen LogP contribution in [0.15, 0.2) is 82.6 Å². The number of allylic oxidation sites excluding steroid dienone is 1. The number of furan rings is 1. The fraction of sp³-hybridized carbons (Fsp3) is 0.286. The Hall–Kier alpha value is -4.00. The van der Waals surface area contributed by atoms with E-state index in [1.165, 1.54) is 0 Å². The zero-order valence-electron chi connectivity index (χ0n) is 19.9. The fourth-order valence-corrected chi connectivity index (χ4v) is 5.04. The minimum Gasteiger partial charge on any atom is -0.496 e. The van der Waals surface area contributed by atoms with Crippen molar-refractivity contribution in [1.82, 2.24) is 5.32 Å². The zero-order chi connectivity index (χ0) is 24.4. The number of para-hydroxylation sites is 3. The number of amides is 2. The van der Waals surface area contributed by atoms with Gasteiger partial charge in [0.1, 0.15) is 11.5 Å². The number of hydrogen-bond donors (Lipinski definition) is 2. The maximum absolute atomic E-state index is 13.9. The number of urea groups is 1. The van der Waals surface area contributed by atoms with E-state index in [4.69, 9.17) is 9.15 Å². The summed E-state index contributed by atoms with van der Waals surface area (Å²) in [6.07, 6.45) is 3.34. The Bertz CT molecular complexity index is 1260. The molecule has 2 atom stereocenters. The summed E-state index contributed by atoms with van der Waals surface area (Å²) >= 11 is 0. The summed E-state index contributed by atoms with van der Waals surface area (Å²) in [7, 11) is 1.61. The minimum absolute atomic E-state index is 0.0165. The van der Waals surface area contributed by atoms with Crippen molar-refractivity contribution in [3.05, 3.63) is 89.5 Å². The SMILES string of the molecule is CCCNC(=O)N1c2ccccc2NC2=C(C(=O)C[C@@H](c3ccco3)C2)[C@@H]1c1ccccc1OC. The number of methoxy groups -OCH3 is 1. The molecule has 3 aromatic rings. The molecular formula is C28H29N3O4. The van der Waals surface area contributed by atoms with Crippen LogP contribution in [0.4, 0.5) is 16.2 Å². The average Bonchev–Trinajstić information content (AvgIpc) is 3.37. The van der Waals surface area contributed by atoms with Crippen molar-refractivity contribution in [3.8, 4) is 5.75 Å². The van der Waals surface area contributed by atoms with Crippen LogP contribution in [0, 0.1) is 0 Å². The van der Waals surface area contributed by atoms with Crippen LogP contribution in [0.2, 0.25) is 0 Å². The predicted molar refractivity (Wildman–Crippen MR) is 135 cm³/mol. The summed E-state index contributed by atoms with van der Waals surface area (Å²) in [5, 5.41) is 6.54. The van der Waals surface area contributed by atoms with Crippen molar-refractivity contribution in [2.45, 2.75) is 38.1 Å². The summed E-state index contributed by atoms with van der Waals surface area (Å²) in [5.41, 5.74) is 3.63. The highest BCUT2D eigenvalue weighted by Crippen LogP contribution is 2.48. The Morgan fingerprint density at radius 1 is 1.11 bits per heavy atom. The number of rotatable bonds is 5. The third-order valence-electron chi connectivity index (χ3n) is 6.61. The summed E-state index contributed by atoms with van der Waals surface area (Å²) in [6.45, 7) is 2.54. The Balaban J connectivity index is 1.73. The van der Waals surface area contributed by atoms with Crippen molar-refractivity contribution in [2.24, 2.45) is 0 Å². The van der Waals surface area contributed by atoms with Crippen molar-refractivity contribution < 1.29 is 18.7 Å². The number of benzene rings is 2. The fourth-order valence-electron chi connectivity index (χ4n) is 5.04. The van der Waals surface area contributed by atoms with E-state index in [1.54, 1.807) is 18.3 Å². The lowest BCUT2D eigenvalue weighted by atomic mass is 9.80. The van der Waals surface area contributed by atoms with E-state index in [2.05, 4.69) is 10.6 Å². The number of anilines is 2. The molecule has 0 spiro atoms. The number of carbonyl (C=O) groups excluding carboxylic acids is 2. The molecule has 2 N–H and O–H groups in total. The van der Waals surface area contributed by atoms with Gasteiger partial charge in [-0.25, -0.2) is 4.79 Å². The minimum atomic E-state index is -0.654. The third-order valence-corrected chi connectivity index (χ3v) is 6.61. The molecule has 0 radical (unpaired) electrons. The first-order valence-electron chi connectivity index (χ1n) is 12.0. The second kappa shape index (κ2) is 9.70. The Kier molecular flexibility index (Phi) is 6.31. The van der Waals surface area contributed by atoms with Gasteiger partial charge in [-0.15, -0.1) is 0 Å². The lowest BCUT2D eigenvalue weighted by Gasteiger charge is -2.35. The highest BCUT2D eigenvalue weighted by molar-refractivity contribution is 6.06.